The van der Waals surface area contributed by atoms with Crippen LogP contribution < -0.4 is 0 Å². The molecule has 0 heterocycles. The van der Waals surface area contributed by atoms with E-state index in [-0.39, 0.29) is 0 Å². The van der Waals surface area contributed by atoms with Gasteiger partial charge in [-0.3, -0.25) is 0 Å². The Morgan fingerprint density at radius 2 is 1.65 bits per heavy atom. The molecule has 0 spiro atoms. The molecule has 0 saturated heterocycles. The standard InChI is InChI=1S/C20H20/c1-14-4-6-17(7-5-14)8-9-18-10-11-19(12-15(18)2)20-13-16(20)3/h4-7,10-12,16,20H,13H2,1-3H3. The van der Waals surface area contributed by atoms with Crippen molar-refractivity contribution in [1.29, 1.82) is 0 Å². The molecule has 0 radical (unpaired) electrons. The van der Waals surface area contributed by atoms with Crippen LogP contribution in [0.4, 0.5) is 0 Å². The first-order valence-corrected chi connectivity index (χ1v) is 7.33. The van der Waals surface area contributed by atoms with Gasteiger partial charge in [-0.1, -0.05) is 48.6 Å². The maximum Gasteiger partial charge on any atom is 0.0278 e. The van der Waals surface area contributed by atoms with E-state index in [1.54, 1.807) is 0 Å². The molecule has 2 aromatic rings. The van der Waals surface area contributed by atoms with Crippen molar-refractivity contribution in [2.75, 3.05) is 0 Å². The lowest BCUT2D eigenvalue weighted by molar-refractivity contribution is 0.913. The van der Waals surface area contributed by atoms with Crippen LogP contribution in [0.1, 0.15) is 47.1 Å². The van der Waals surface area contributed by atoms with E-state index in [0.29, 0.717) is 0 Å². The van der Waals surface area contributed by atoms with Crippen LogP contribution in [0.3, 0.4) is 0 Å². The van der Waals surface area contributed by atoms with E-state index < -0.39 is 0 Å². The van der Waals surface area contributed by atoms with Gasteiger partial charge in [-0.2, -0.15) is 0 Å². The average molecular weight is 260 g/mol. The lowest BCUT2D eigenvalue weighted by Crippen LogP contribution is -1.87. The molecule has 0 heteroatoms. The fourth-order valence-corrected chi connectivity index (χ4v) is 2.62. The summed E-state index contributed by atoms with van der Waals surface area (Å²) in [6.07, 6.45) is 1.34. The maximum atomic E-state index is 3.30. The van der Waals surface area contributed by atoms with E-state index in [1.165, 1.54) is 23.1 Å². The highest BCUT2D eigenvalue weighted by Crippen LogP contribution is 2.47. The van der Waals surface area contributed by atoms with Crippen LogP contribution in [0.15, 0.2) is 42.5 Å². The van der Waals surface area contributed by atoms with Crippen LogP contribution in [0.25, 0.3) is 0 Å². The second kappa shape index (κ2) is 5.17. The molecule has 20 heavy (non-hydrogen) atoms. The zero-order valence-corrected chi connectivity index (χ0v) is 12.4. The number of rotatable bonds is 1. The van der Waals surface area contributed by atoms with Crippen molar-refractivity contribution in [3.8, 4) is 11.8 Å². The first kappa shape index (κ1) is 13.0. The third-order valence-electron chi connectivity index (χ3n) is 4.18. The van der Waals surface area contributed by atoms with Gasteiger partial charge < -0.3 is 0 Å². The Bertz CT molecular complexity index is 680. The molecule has 1 saturated carbocycles. The van der Waals surface area contributed by atoms with Gasteiger partial charge in [0.2, 0.25) is 0 Å². The summed E-state index contributed by atoms with van der Waals surface area (Å²) in [6, 6.07) is 15.1. The molecular weight excluding hydrogens is 240 g/mol. The minimum atomic E-state index is 0.785. The summed E-state index contributed by atoms with van der Waals surface area (Å²) < 4.78 is 0. The highest BCUT2D eigenvalue weighted by molar-refractivity contribution is 5.48. The van der Waals surface area contributed by atoms with Crippen molar-refractivity contribution < 1.29 is 0 Å². The summed E-state index contributed by atoms with van der Waals surface area (Å²) in [4.78, 5) is 0. The fourth-order valence-electron chi connectivity index (χ4n) is 2.62. The van der Waals surface area contributed by atoms with Crippen LogP contribution in [-0.2, 0) is 0 Å². The van der Waals surface area contributed by atoms with Crippen molar-refractivity contribution in [3.63, 3.8) is 0 Å². The highest BCUT2D eigenvalue weighted by Gasteiger charge is 2.33. The summed E-state index contributed by atoms with van der Waals surface area (Å²) in [6.45, 7) is 6.58. The number of hydrogen-bond donors (Lipinski definition) is 0. The van der Waals surface area contributed by atoms with Gasteiger partial charge in [-0.05, 0) is 61.4 Å². The maximum absolute atomic E-state index is 3.30. The van der Waals surface area contributed by atoms with Crippen molar-refractivity contribution in [2.24, 2.45) is 5.92 Å². The average Bonchev–Trinajstić information content (AvgIpc) is 3.16. The molecule has 0 aromatic heterocycles. The number of hydrogen-bond acceptors (Lipinski definition) is 0. The predicted molar refractivity (Wildman–Crippen MR) is 84.9 cm³/mol. The molecule has 1 aliphatic rings. The topological polar surface area (TPSA) is 0 Å². The Labute approximate surface area is 121 Å². The summed E-state index contributed by atoms with van der Waals surface area (Å²) in [5.74, 6) is 8.19. The molecular formula is C20H20. The van der Waals surface area contributed by atoms with Gasteiger partial charge in [-0.25, -0.2) is 0 Å². The number of aryl methyl sites for hydroxylation is 2. The van der Waals surface area contributed by atoms with E-state index in [9.17, 15) is 0 Å². The summed E-state index contributed by atoms with van der Waals surface area (Å²) in [5.41, 5.74) is 6.27. The molecule has 0 bridgehead atoms. The molecule has 2 atom stereocenters. The lowest BCUT2D eigenvalue weighted by Gasteiger charge is -2.03. The van der Waals surface area contributed by atoms with Crippen molar-refractivity contribution in [1.82, 2.24) is 0 Å². The summed E-state index contributed by atoms with van der Waals surface area (Å²) in [5, 5.41) is 0. The zero-order chi connectivity index (χ0) is 14.1. The predicted octanol–water partition coefficient (Wildman–Crippen LogP) is 4.83. The molecule has 1 fully saturated rings. The second-order valence-electron chi connectivity index (χ2n) is 6.01. The van der Waals surface area contributed by atoms with Crippen molar-refractivity contribution in [2.45, 2.75) is 33.1 Å². The third kappa shape index (κ3) is 2.78. The highest BCUT2D eigenvalue weighted by atomic mass is 14.4. The summed E-state index contributed by atoms with van der Waals surface area (Å²) in [7, 11) is 0. The quantitative estimate of drug-likeness (QED) is 0.644. The van der Waals surface area contributed by atoms with Gasteiger partial charge in [-0.15, -0.1) is 0 Å². The minimum Gasteiger partial charge on any atom is -0.0619 e. The van der Waals surface area contributed by atoms with Gasteiger partial charge in [0, 0.05) is 11.1 Å². The van der Waals surface area contributed by atoms with Crippen molar-refractivity contribution in [3.05, 3.63) is 70.3 Å². The Morgan fingerprint density at radius 1 is 0.950 bits per heavy atom. The lowest BCUT2D eigenvalue weighted by atomic mass is 10.0. The van der Waals surface area contributed by atoms with Gasteiger partial charge >= 0.3 is 0 Å². The van der Waals surface area contributed by atoms with Crippen molar-refractivity contribution >= 4 is 0 Å². The Hall–Kier alpha value is -2.00. The van der Waals surface area contributed by atoms with Crippen LogP contribution in [-0.4, -0.2) is 0 Å². The Balaban J connectivity index is 1.83. The zero-order valence-electron chi connectivity index (χ0n) is 12.4. The minimum absolute atomic E-state index is 0.785. The molecule has 0 N–H and O–H groups in total. The normalized spacial score (nSPS) is 20.1. The Kier molecular flexibility index (Phi) is 3.36. The molecule has 0 amide bonds. The first-order valence-electron chi connectivity index (χ1n) is 7.33. The second-order valence-corrected chi connectivity index (χ2v) is 6.01. The van der Waals surface area contributed by atoms with Crippen LogP contribution in [0, 0.1) is 31.6 Å². The smallest absolute Gasteiger partial charge is 0.0278 e. The third-order valence-corrected chi connectivity index (χ3v) is 4.18. The van der Waals surface area contributed by atoms with Gasteiger partial charge in [0.05, 0.1) is 0 Å². The van der Waals surface area contributed by atoms with Crippen LogP contribution in [0.2, 0.25) is 0 Å². The Morgan fingerprint density at radius 3 is 2.25 bits per heavy atom. The largest absolute Gasteiger partial charge is 0.0619 e. The molecule has 3 rings (SSSR count). The van der Waals surface area contributed by atoms with Gasteiger partial charge in [0.15, 0.2) is 0 Å². The molecule has 2 unspecified atom stereocenters. The van der Waals surface area contributed by atoms with E-state index in [0.717, 1.165) is 23.0 Å². The van der Waals surface area contributed by atoms with Crippen LogP contribution >= 0.6 is 0 Å². The molecule has 0 aliphatic heterocycles. The molecule has 2 aromatic carbocycles. The molecule has 100 valence electrons. The summed E-state index contributed by atoms with van der Waals surface area (Å²) >= 11 is 0. The monoisotopic (exact) mass is 260 g/mol. The van der Waals surface area contributed by atoms with Gasteiger partial charge in [0.25, 0.3) is 0 Å². The molecule has 0 nitrogen and oxygen atoms in total. The number of benzene rings is 2. The van der Waals surface area contributed by atoms with E-state index in [4.69, 9.17) is 0 Å². The van der Waals surface area contributed by atoms with E-state index >= 15 is 0 Å². The van der Waals surface area contributed by atoms with Crippen LogP contribution in [0.5, 0.6) is 0 Å². The van der Waals surface area contributed by atoms with E-state index in [2.05, 4.69) is 75.1 Å². The van der Waals surface area contributed by atoms with E-state index in [1.807, 2.05) is 0 Å². The first-order chi connectivity index (χ1) is 9.63. The van der Waals surface area contributed by atoms with Gasteiger partial charge in [0.1, 0.15) is 0 Å². The molecule has 1 aliphatic carbocycles. The SMILES string of the molecule is Cc1ccc(C#Cc2ccc(C3CC3C)cc2C)cc1. The fraction of sp³-hybridized carbons (Fsp3) is 0.300.